The predicted octanol–water partition coefficient (Wildman–Crippen LogP) is 3.37. The summed E-state index contributed by atoms with van der Waals surface area (Å²) in [6, 6.07) is 8.16. The first-order valence-corrected chi connectivity index (χ1v) is 12.9. The van der Waals surface area contributed by atoms with Gasteiger partial charge in [-0.1, -0.05) is 30.4 Å². The summed E-state index contributed by atoms with van der Waals surface area (Å²) in [7, 11) is -2.52. The monoisotopic (exact) mass is 498 g/mol. The maximum Gasteiger partial charge on any atom is 0.462 e. The number of benzene rings is 1. The summed E-state index contributed by atoms with van der Waals surface area (Å²) in [6.07, 6.45) is 9.10. The highest BCUT2D eigenvalue weighted by Gasteiger charge is 2.47. The third-order valence-electron chi connectivity index (χ3n) is 6.32. The minimum absolute atomic E-state index is 0.00747. The number of imidazole rings is 1. The van der Waals surface area contributed by atoms with E-state index in [1.54, 1.807) is 30.6 Å². The van der Waals surface area contributed by atoms with E-state index in [2.05, 4.69) is 15.0 Å². The molecule has 2 N–H and O–H groups in total. The molecule has 1 saturated heterocycles. The van der Waals surface area contributed by atoms with Gasteiger partial charge in [0, 0.05) is 12.5 Å². The van der Waals surface area contributed by atoms with Crippen LogP contribution in [-0.4, -0.2) is 56.5 Å². The smallest absolute Gasteiger partial charge is 0.462 e. The number of carbonyl (C=O) groups excluding carboxylic acids is 1. The van der Waals surface area contributed by atoms with Crippen molar-refractivity contribution in [3.05, 3.63) is 55.1 Å². The van der Waals surface area contributed by atoms with Crippen LogP contribution in [0.3, 0.4) is 0 Å². The summed E-state index contributed by atoms with van der Waals surface area (Å²) in [5.74, 6) is 0.273. The number of ether oxygens (including phenoxy) is 1. The highest BCUT2D eigenvalue weighted by molar-refractivity contribution is 7.51. The van der Waals surface area contributed by atoms with Gasteiger partial charge in [0.15, 0.2) is 11.5 Å². The number of rotatable bonds is 8. The molecule has 3 heterocycles. The van der Waals surface area contributed by atoms with Crippen molar-refractivity contribution >= 4 is 30.7 Å². The molecule has 3 aromatic rings. The number of nitrogens with zero attached hydrogens (tertiary/aromatic N) is 5. The molecule has 1 aliphatic carbocycles. The topological polar surface area (TPSA) is 135 Å². The molecule has 4 atom stereocenters. The lowest BCUT2D eigenvalue weighted by molar-refractivity contribution is -0.144. The number of hydrogen-bond acceptors (Lipinski definition) is 9. The highest BCUT2D eigenvalue weighted by Crippen LogP contribution is 2.56. The molecule has 0 amide bonds. The van der Waals surface area contributed by atoms with E-state index in [4.69, 9.17) is 19.5 Å². The van der Waals surface area contributed by atoms with Gasteiger partial charge >= 0.3 is 13.7 Å². The Kier molecular flexibility index (Phi) is 6.55. The van der Waals surface area contributed by atoms with Crippen LogP contribution in [0.4, 0.5) is 5.82 Å². The van der Waals surface area contributed by atoms with Gasteiger partial charge in [0.05, 0.1) is 26.1 Å². The van der Waals surface area contributed by atoms with Gasteiger partial charge in [0.25, 0.3) is 0 Å². The fourth-order valence-electron chi connectivity index (χ4n) is 4.57. The zero-order chi connectivity index (χ0) is 24.4. The van der Waals surface area contributed by atoms with E-state index in [-0.39, 0.29) is 18.6 Å². The molecule has 0 spiro atoms. The van der Waals surface area contributed by atoms with Crippen molar-refractivity contribution in [1.29, 1.82) is 0 Å². The van der Waals surface area contributed by atoms with Crippen LogP contribution >= 0.6 is 7.75 Å². The van der Waals surface area contributed by atoms with Gasteiger partial charge in [-0.2, -0.15) is 4.67 Å². The molecule has 12 heteroatoms. The number of aromatic nitrogens is 4. The Morgan fingerprint density at radius 1 is 1.20 bits per heavy atom. The normalized spacial score (nSPS) is 24.0. The summed E-state index contributed by atoms with van der Waals surface area (Å²) < 4.78 is 34.4. The molecule has 1 fully saturated rings. The summed E-state index contributed by atoms with van der Waals surface area (Å²) in [6.45, 7) is 0.570. The van der Waals surface area contributed by atoms with Crippen molar-refractivity contribution in [2.75, 3.05) is 26.0 Å². The molecular weight excluding hydrogens is 471 g/mol. The van der Waals surface area contributed by atoms with Crippen LogP contribution in [-0.2, 0) is 18.6 Å². The lowest BCUT2D eigenvalue weighted by atomic mass is 10.1. The number of allylic oxidation sites excluding steroid dienone is 1. The van der Waals surface area contributed by atoms with Gasteiger partial charge in [-0.05, 0) is 31.4 Å². The van der Waals surface area contributed by atoms with E-state index in [0.29, 0.717) is 48.5 Å². The van der Waals surface area contributed by atoms with Crippen molar-refractivity contribution in [2.45, 2.75) is 31.3 Å². The Morgan fingerprint density at radius 3 is 2.83 bits per heavy atom. The van der Waals surface area contributed by atoms with Crippen molar-refractivity contribution in [1.82, 2.24) is 24.2 Å². The Hall–Kier alpha value is -3.27. The van der Waals surface area contributed by atoms with Gasteiger partial charge in [-0.25, -0.2) is 19.5 Å². The van der Waals surface area contributed by atoms with Crippen LogP contribution in [0.1, 0.15) is 25.3 Å². The van der Waals surface area contributed by atoms with Crippen molar-refractivity contribution in [2.24, 2.45) is 5.92 Å². The summed E-state index contributed by atoms with van der Waals surface area (Å²) >= 11 is 0. The molecule has 1 aromatic carbocycles. The quantitative estimate of drug-likeness (QED) is 0.280. The average molecular weight is 498 g/mol. The van der Waals surface area contributed by atoms with E-state index in [0.717, 1.165) is 0 Å². The van der Waals surface area contributed by atoms with E-state index in [1.807, 2.05) is 22.8 Å². The van der Waals surface area contributed by atoms with E-state index in [1.165, 1.54) is 18.1 Å². The summed E-state index contributed by atoms with van der Waals surface area (Å²) in [5.41, 5.74) is 7.13. The lowest BCUT2D eigenvalue weighted by Crippen LogP contribution is -2.36. The van der Waals surface area contributed by atoms with Crippen molar-refractivity contribution in [3.63, 3.8) is 0 Å². The largest absolute Gasteiger partial charge is 0.468 e. The van der Waals surface area contributed by atoms with Gasteiger partial charge in [0.2, 0.25) is 0 Å². The molecule has 0 radical (unpaired) electrons. The number of carbonyl (C=O) groups is 1. The first-order chi connectivity index (χ1) is 17.0. The number of nitrogens with two attached hydrogens (primary N) is 1. The SMILES string of the molecule is COC(=O)[C@@H]1CCCN1P(=O)(OC[C@H]1C=C[C@@H](n2cnc3c(N)ncnc32)C1)Oc1ccccc1. The highest BCUT2D eigenvalue weighted by atomic mass is 31.2. The first kappa shape index (κ1) is 23.5. The van der Waals surface area contributed by atoms with Crippen LogP contribution < -0.4 is 10.3 Å². The Morgan fingerprint density at radius 2 is 2.03 bits per heavy atom. The molecular formula is C23H27N6O5P. The van der Waals surface area contributed by atoms with E-state index in [9.17, 15) is 9.36 Å². The fourth-order valence-corrected chi connectivity index (χ4v) is 6.58. The second-order valence-corrected chi connectivity index (χ2v) is 10.4. The second-order valence-electron chi connectivity index (χ2n) is 8.54. The summed E-state index contributed by atoms with van der Waals surface area (Å²) in [4.78, 5) is 25.0. The standard InChI is InChI=1S/C23H27N6O5P/c1-32-23(30)19-8-5-11-29(19)35(31,34-18-6-3-2-4-7-18)33-13-16-9-10-17(12-16)28-15-27-20-21(24)25-14-26-22(20)28/h2-4,6-7,9-10,14-17,19H,5,8,11-13H2,1H3,(H2,24,25,26)/t16-,17+,19-,35?/m0/s1. The first-order valence-electron chi connectivity index (χ1n) is 11.4. The van der Waals surface area contributed by atoms with Crippen LogP contribution in [0.25, 0.3) is 11.2 Å². The Bertz CT molecular complexity index is 1280. The van der Waals surface area contributed by atoms with Crippen LogP contribution in [0.2, 0.25) is 0 Å². The Labute approximate surface area is 202 Å². The molecule has 0 saturated carbocycles. The molecule has 0 bridgehead atoms. The molecule has 2 aliphatic rings. The number of fused-ring (bicyclic) bond motifs is 1. The van der Waals surface area contributed by atoms with Gasteiger partial charge < -0.3 is 19.6 Å². The van der Waals surface area contributed by atoms with Gasteiger partial charge in [-0.15, -0.1) is 0 Å². The maximum atomic E-state index is 14.1. The molecule has 1 aliphatic heterocycles. The van der Waals surface area contributed by atoms with Crippen LogP contribution in [0.15, 0.2) is 55.1 Å². The number of esters is 1. The van der Waals surface area contributed by atoms with Crippen molar-refractivity contribution < 1.29 is 23.1 Å². The van der Waals surface area contributed by atoms with Crippen LogP contribution in [0.5, 0.6) is 5.75 Å². The maximum absolute atomic E-state index is 14.1. The molecule has 35 heavy (non-hydrogen) atoms. The molecule has 11 nitrogen and oxygen atoms in total. The van der Waals surface area contributed by atoms with E-state index >= 15 is 0 Å². The zero-order valence-corrected chi connectivity index (χ0v) is 20.2. The van der Waals surface area contributed by atoms with Crippen molar-refractivity contribution in [3.8, 4) is 5.75 Å². The third-order valence-corrected chi connectivity index (χ3v) is 8.35. The number of nitrogen functional groups attached to an aromatic ring is 1. The molecule has 5 rings (SSSR count). The minimum Gasteiger partial charge on any atom is -0.468 e. The summed E-state index contributed by atoms with van der Waals surface area (Å²) in [5, 5.41) is 0. The molecule has 1 unspecified atom stereocenters. The van der Waals surface area contributed by atoms with Gasteiger partial charge in [0.1, 0.15) is 23.6 Å². The average Bonchev–Trinajstić information content (AvgIpc) is 3.63. The zero-order valence-electron chi connectivity index (χ0n) is 19.3. The third kappa shape index (κ3) is 4.67. The number of anilines is 1. The fraction of sp³-hybridized carbons (Fsp3) is 0.391. The second kappa shape index (κ2) is 9.77. The van der Waals surface area contributed by atoms with Crippen LogP contribution in [0, 0.1) is 5.92 Å². The lowest BCUT2D eigenvalue weighted by Gasteiger charge is -2.30. The van der Waals surface area contributed by atoms with Gasteiger partial charge in [-0.3, -0.25) is 9.32 Å². The molecule has 2 aromatic heterocycles. The van der Waals surface area contributed by atoms with E-state index < -0.39 is 19.8 Å². The number of hydrogen-bond donors (Lipinski definition) is 1. The Balaban J connectivity index is 1.32. The number of para-hydroxylation sites is 1. The molecule has 184 valence electrons. The minimum atomic E-state index is -3.85. The predicted molar refractivity (Wildman–Crippen MR) is 128 cm³/mol. The number of methoxy groups -OCH3 is 1.